The maximum Gasteiger partial charge on any atom is 0.129 e. The molecular formula is C26H48OS. The van der Waals surface area contributed by atoms with Gasteiger partial charge in [-0.2, -0.15) is 0 Å². The van der Waals surface area contributed by atoms with Crippen LogP contribution in [0.5, 0.6) is 5.75 Å². The largest absolute Gasteiger partial charge is 0.493 e. The van der Waals surface area contributed by atoms with Gasteiger partial charge in [-0.15, -0.1) is 11.3 Å². The van der Waals surface area contributed by atoms with Gasteiger partial charge in [0.2, 0.25) is 0 Å². The van der Waals surface area contributed by atoms with Gasteiger partial charge in [-0.3, -0.25) is 0 Å². The van der Waals surface area contributed by atoms with Gasteiger partial charge in [0.1, 0.15) is 5.75 Å². The predicted octanol–water partition coefficient (Wildman–Crippen LogP) is 9.95. The van der Waals surface area contributed by atoms with Crippen LogP contribution in [0.3, 0.4) is 0 Å². The van der Waals surface area contributed by atoms with Crippen molar-refractivity contribution in [3.05, 3.63) is 16.8 Å². The zero-order valence-electron chi connectivity index (χ0n) is 18.9. The highest BCUT2D eigenvalue weighted by atomic mass is 32.1. The molecule has 0 amide bonds. The van der Waals surface area contributed by atoms with Crippen LogP contribution in [0.4, 0.5) is 0 Å². The van der Waals surface area contributed by atoms with E-state index in [0.717, 1.165) is 12.4 Å². The van der Waals surface area contributed by atoms with Crippen LogP contribution in [-0.4, -0.2) is 6.61 Å². The predicted molar refractivity (Wildman–Crippen MR) is 128 cm³/mol. The van der Waals surface area contributed by atoms with E-state index in [1.807, 2.05) is 0 Å². The van der Waals surface area contributed by atoms with Crippen LogP contribution in [0.1, 0.15) is 135 Å². The van der Waals surface area contributed by atoms with Crippen LogP contribution in [0.2, 0.25) is 0 Å². The lowest BCUT2D eigenvalue weighted by molar-refractivity contribution is 0.305. The summed E-state index contributed by atoms with van der Waals surface area (Å²) in [5, 5.41) is 4.16. The molecule has 0 aliphatic heterocycles. The highest BCUT2D eigenvalue weighted by Crippen LogP contribution is 2.16. The summed E-state index contributed by atoms with van der Waals surface area (Å²) in [7, 11) is 0. The molecule has 0 aliphatic rings. The normalized spacial score (nSPS) is 11.2. The molecule has 0 unspecified atom stereocenters. The molecule has 1 aromatic heterocycles. The summed E-state index contributed by atoms with van der Waals surface area (Å²) >= 11 is 1.71. The van der Waals surface area contributed by atoms with Crippen LogP contribution in [-0.2, 0) is 0 Å². The fourth-order valence-corrected chi connectivity index (χ4v) is 4.45. The zero-order valence-corrected chi connectivity index (χ0v) is 19.7. The van der Waals surface area contributed by atoms with E-state index in [0.29, 0.717) is 0 Å². The van der Waals surface area contributed by atoms with E-state index in [-0.39, 0.29) is 0 Å². The number of rotatable bonds is 22. The Balaban J connectivity index is 1.64. The van der Waals surface area contributed by atoms with Gasteiger partial charge in [0.05, 0.1) is 6.61 Å². The first-order valence-electron chi connectivity index (χ1n) is 12.6. The molecule has 2 heteroatoms. The van der Waals surface area contributed by atoms with Gasteiger partial charge in [0.25, 0.3) is 0 Å². The van der Waals surface area contributed by atoms with E-state index >= 15 is 0 Å². The first kappa shape index (κ1) is 25.5. The summed E-state index contributed by atoms with van der Waals surface area (Å²) in [6, 6.07) is 2.06. The molecule has 28 heavy (non-hydrogen) atoms. The number of unbranched alkanes of at least 4 members (excludes halogenated alkanes) is 19. The maximum atomic E-state index is 5.69. The lowest BCUT2D eigenvalue weighted by atomic mass is 10.0. The molecular weight excluding hydrogens is 360 g/mol. The fraction of sp³-hybridized carbons (Fsp3) is 0.846. The van der Waals surface area contributed by atoms with Crippen LogP contribution >= 0.6 is 11.3 Å². The van der Waals surface area contributed by atoms with Crippen LogP contribution < -0.4 is 4.74 Å². The number of ether oxygens (including phenoxy) is 1. The smallest absolute Gasteiger partial charge is 0.129 e. The van der Waals surface area contributed by atoms with Crippen molar-refractivity contribution in [2.24, 2.45) is 0 Å². The minimum atomic E-state index is 0.885. The van der Waals surface area contributed by atoms with Gasteiger partial charge in [0, 0.05) is 5.38 Å². The Morgan fingerprint density at radius 1 is 0.571 bits per heavy atom. The van der Waals surface area contributed by atoms with Crippen molar-refractivity contribution in [2.75, 3.05) is 6.61 Å². The van der Waals surface area contributed by atoms with E-state index in [1.54, 1.807) is 11.3 Å². The lowest BCUT2D eigenvalue weighted by Crippen LogP contribution is -1.95. The van der Waals surface area contributed by atoms with E-state index in [2.05, 4.69) is 23.8 Å². The molecule has 0 saturated carbocycles. The number of thiophene rings is 1. The van der Waals surface area contributed by atoms with Crippen LogP contribution in [0.15, 0.2) is 16.8 Å². The molecule has 0 N–H and O–H groups in total. The molecule has 0 fully saturated rings. The molecule has 0 saturated heterocycles. The van der Waals surface area contributed by atoms with Crippen LogP contribution in [0, 0.1) is 0 Å². The van der Waals surface area contributed by atoms with Gasteiger partial charge in [0.15, 0.2) is 0 Å². The third-order valence-corrected chi connectivity index (χ3v) is 6.42. The molecule has 0 aliphatic carbocycles. The van der Waals surface area contributed by atoms with Crippen molar-refractivity contribution >= 4 is 11.3 Å². The average molecular weight is 409 g/mol. The van der Waals surface area contributed by atoms with Gasteiger partial charge in [-0.1, -0.05) is 129 Å². The van der Waals surface area contributed by atoms with E-state index in [1.165, 1.54) is 128 Å². The highest BCUT2D eigenvalue weighted by molar-refractivity contribution is 7.08. The second kappa shape index (κ2) is 21.2. The summed E-state index contributed by atoms with van der Waals surface area (Å²) in [6.07, 6.45) is 28.7. The van der Waals surface area contributed by atoms with Gasteiger partial charge < -0.3 is 4.74 Å². The molecule has 1 heterocycles. The maximum absolute atomic E-state index is 5.69. The molecule has 0 atom stereocenters. The monoisotopic (exact) mass is 408 g/mol. The minimum Gasteiger partial charge on any atom is -0.493 e. The van der Waals surface area contributed by atoms with Crippen molar-refractivity contribution < 1.29 is 4.74 Å². The van der Waals surface area contributed by atoms with Gasteiger partial charge in [-0.05, 0) is 17.9 Å². The quantitative estimate of drug-likeness (QED) is 0.173. The zero-order chi connectivity index (χ0) is 20.0. The second-order valence-electron chi connectivity index (χ2n) is 8.53. The first-order valence-corrected chi connectivity index (χ1v) is 13.5. The van der Waals surface area contributed by atoms with Crippen LogP contribution in [0.25, 0.3) is 0 Å². The lowest BCUT2D eigenvalue weighted by Gasteiger charge is -2.05. The Hall–Kier alpha value is -0.500. The SMILES string of the molecule is CCCCCCCCCCCCCCCCCCCCCCOc1ccsc1. The topological polar surface area (TPSA) is 9.23 Å². The molecule has 1 rings (SSSR count). The Labute approximate surface area is 180 Å². The Morgan fingerprint density at radius 3 is 1.32 bits per heavy atom. The standard InChI is InChI=1S/C26H48OS/c1-2-3-4-5-6-7-8-9-10-11-12-13-14-15-16-17-18-19-20-21-23-27-26-22-24-28-25-26/h22,24-25H,2-21,23H2,1H3. The van der Waals surface area contributed by atoms with Crippen molar-refractivity contribution in [1.29, 1.82) is 0 Å². The highest BCUT2D eigenvalue weighted by Gasteiger charge is 1.96. The minimum absolute atomic E-state index is 0.885. The second-order valence-corrected chi connectivity index (χ2v) is 9.31. The first-order chi connectivity index (χ1) is 13.9. The van der Waals surface area contributed by atoms with Crippen molar-refractivity contribution in [1.82, 2.24) is 0 Å². The summed E-state index contributed by atoms with van der Waals surface area (Å²) in [4.78, 5) is 0. The molecule has 1 nitrogen and oxygen atoms in total. The van der Waals surface area contributed by atoms with E-state index in [4.69, 9.17) is 4.74 Å². The Morgan fingerprint density at radius 2 is 0.964 bits per heavy atom. The van der Waals surface area contributed by atoms with Crippen molar-refractivity contribution in [2.45, 2.75) is 135 Å². The summed E-state index contributed by atoms with van der Waals surface area (Å²) < 4.78 is 5.69. The molecule has 0 bridgehead atoms. The average Bonchev–Trinajstić information content (AvgIpc) is 3.22. The molecule has 164 valence electrons. The van der Waals surface area contributed by atoms with Crippen molar-refractivity contribution in [3.8, 4) is 5.75 Å². The van der Waals surface area contributed by atoms with E-state index in [9.17, 15) is 0 Å². The number of hydrogen-bond acceptors (Lipinski definition) is 2. The third kappa shape index (κ3) is 17.6. The Kier molecular flexibility index (Phi) is 19.3. The number of hydrogen-bond donors (Lipinski definition) is 0. The van der Waals surface area contributed by atoms with E-state index < -0.39 is 0 Å². The molecule has 1 aromatic rings. The Bertz CT molecular complexity index is 387. The summed E-state index contributed by atoms with van der Waals surface area (Å²) in [5.41, 5.74) is 0. The molecule has 0 radical (unpaired) electrons. The van der Waals surface area contributed by atoms with Crippen molar-refractivity contribution in [3.63, 3.8) is 0 Å². The molecule has 0 aromatic carbocycles. The molecule has 0 spiro atoms. The summed E-state index contributed by atoms with van der Waals surface area (Å²) in [6.45, 7) is 3.18. The summed E-state index contributed by atoms with van der Waals surface area (Å²) in [5.74, 6) is 1.04. The van der Waals surface area contributed by atoms with Gasteiger partial charge in [-0.25, -0.2) is 0 Å². The fourth-order valence-electron chi connectivity index (χ4n) is 3.88. The van der Waals surface area contributed by atoms with Gasteiger partial charge >= 0.3 is 0 Å². The third-order valence-electron chi connectivity index (χ3n) is 5.76.